The highest BCUT2D eigenvalue weighted by atomic mass is 79.9. The molecule has 1 aromatic rings. The van der Waals surface area contributed by atoms with Gasteiger partial charge in [-0.15, -0.1) is 0 Å². The zero-order valence-corrected chi connectivity index (χ0v) is 11.2. The average Bonchev–Trinajstić information content (AvgIpc) is 2.26. The second kappa shape index (κ2) is 5.31. The predicted molar refractivity (Wildman–Crippen MR) is 67.8 cm³/mol. The predicted octanol–water partition coefficient (Wildman–Crippen LogP) is 1.93. The first-order valence-corrected chi connectivity index (χ1v) is 5.89. The van der Waals surface area contributed by atoms with E-state index in [2.05, 4.69) is 21.2 Å². The van der Waals surface area contributed by atoms with Crippen molar-refractivity contribution in [2.75, 3.05) is 6.54 Å². The Morgan fingerprint density at radius 2 is 2.06 bits per heavy atom. The zero-order chi connectivity index (χ0) is 13.1. The first kappa shape index (κ1) is 13.7. The lowest BCUT2D eigenvalue weighted by Crippen LogP contribution is -2.39. The molecule has 0 spiro atoms. The minimum Gasteiger partial charge on any atom is -0.474 e. The smallest absolute Gasteiger partial charge is 0.394 e. The van der Waals surface area contributed by atoms with E-state index >= 15 is 0 Å². The number of hydrogen-bond donors (Lipinski definition) is 2. The topological polar surface area (TPSA) is 66.4 Å². The van der Waals surface area contributed by atoms with Gasteiger partial charge in [0.2, 0.25) is 0 Å². The Morgan fingerprint density at radius 1 is 1.41 bits per heavy atom. The summed E-state index contributed by atoms with van der Waals surface area (Å²) in [7, 11) is 0. The third-order valence-corrected chi connectivity index (χ3v) is 2.98. The Bertz CT molecular complexity index is 443. The van der Waals surface area contributed by atoms with Gasteiger partial charge in [-0.1, -0.05) is 41.9 Å². The standard InChI is InChI=1S/C12H14BrNO3/c1-12(2,7-14-10(15)11(16)17)8-4-3-5-9(13)6-8/h3-6H,7H2,1-2H3,(H,14,15)(H,16,17). The molecule has 17 heavy (non-hydrogen) atoms. The lowest BCUT2D eigenvalue weighted by atomic mass is 9.84. The van der Waals surface area contributed by atoms with E-state index in [1.54, 1.807) is 0 Å². The van der Waals surface area contributed by atoms with E-state index < -0.39 is 11.9 Å². The van der Waals surface area contributed by atoms with E-state index in [4.69, 9.17) is 5.11 Å². The molecule has 0 atom stereocenters. The van der Waals surface area contributed by atoms with Crippen molar-refractivity contribution in [1.82, 2.24) is 5.32 Å². The summed E-state index contributed by atoms with van der Waals surface area (Å²) in [5.41, 5.74) is 0.701. The van der Waals surface area contributed by atoms with Gasteiger partial charge in [0.25, 0.3) is 0 Å². The molecule has 2 N–H and O–H groups in total. The van der Waals surface area contributed by atoms with Crippen molar-refractivity contribution >= 4 is 27.8 Å². The molecule has 0 radical (unpaired) electrons. The van der Waals surface area contributed by atoms with Crippen LogP contribution in [0.5, 0.6) is 0 Å². The van der Waals surface area contributed by atoms with E-state index in [1.807, 2.05) is 38.1 Å². The second-order valence-electron chi connectivity index (χ2n) is 4.38. The van der Waals surface area contributed by atoms with Gasteiger partial charge in [-0.3, -0.25) is 4.79 Å². The third-order valence-electron chi connectivity index (χ3n) is 2.49. The minimum absolute atomic E-state index is 0.272. The molecule has 0 aromatic heterocycles. The minimum atomic E-state index is -1.46. The van der Waals surface area contributed by atoms with Gasteiger partial charge in [0.15, 0.2) is 0 Å². The summed E-state index contributed by atoms with van der Waals surface area (Å²) < 4.78 is 0.952. The maximum atomic E-state index is 11.0. The number of hydrogen-bond acceptors (Lipinski definition) is 2. The highest BCUT2D eigenvalue weighted by molar-refractivity contribution is 9.10. The maximum absolute atomic E-state index is 11.0. The van der Waals surface area contributed by atoms with Gasteiger partial charge < -0.3 is 10.4 Å². The molecule has 0 aliphatic carbocycles. The third kappa shape index (κ3) is 3.85. The van der Waals surface area contributed by atoms with Gasteiger partial charge in [0.05, 0.1) is 0 Å². The number of aliphatic carboxylic acids is 1. The quantitative estimate of drug-likeness (QED) is 0.838. The number of amides is 1. The number of carboxylic acid groups (broad SMARTS) is 1. The van der Waals surface area contributed by atoms with Gasteiger partial charge in [-0.2, -0.15) is 0 Å². The van der Waals surface area contributed by atoms with Crippen molar-refractivity contribution in [3.8, 4) is 0 Å². The number of carbonyl (C=O) groups excluding carboxylic acids is 1. The molecule has 0 heterocycles. The summed E-state index contributed by atoms with van der Waals surface area (Å²) in [6, 6.07) is 7.71. The molecule has 0 bridgehead atoms. The molecule has 0 saturated heterocycles. The fraction of sp³-hybridized carbons (Fsp3) is 0.333. The van der Waals surface area contributed by atoms with Crippen LogP contribution < -0.4 is 5.32 Å². The average molecular weight is 300 g/mol. The van der Waals surface area contributed by atoms with Gasteiger partial charge in [-0.05, 0) is 17.7 Å². The SMILES string of the molecule is CC(C)(CNC(=O)C(=O)O)c1cccc(Br)c1. The van der Waals surface area contributed by atoms with Crippen molar-refractivity contribution < 1.29 is 14.7 Å². The molecule has 1 rings (SSSR count). The van der Waals surface area contributed by atoms with Crippen LogP contribution in [0, 0.1) is 0 Å². The van der Waals surface area contributed by atoms with Gasteiger partial charge in [0.1, 0.15) is 0 Å². The summed E-state index contributed by atoms with van der Waals surface area (Å²) in [5.74, 6) is -2.44. The highest BCUT2D eigenvalue weighted by Crippen LogP contribution is 2.24. The fourth-order valence-corrected chi connectivity index (χ4v) is 1.79. The van der Waals surface area contributed by atoms with E-state index in [1.165, 1.54) is 0 Å². The summed E-state index contributed by atoms with van der Waals surface area (Å²) in [4.78, 5) is 21.4. The largest absolute Gasteiger partial charge is 0.474 e. The summed E-state index contributed by atoms with van der Waals surface area (Å²) in [6.45, 7) is 4.16. The Morgan fingerprint density at radius 3 is 2.59 bits per heavy atom. The van der Waals surface area contributed by atoms with E-state index in [-0.39, 0.29) is 12.0 Å². The summed E-state index contributed by atoms with van der Waals surface area (Å²) >= 11 is 3.38. The van der Waals surface area contributed by atoms with Crippen molar-refractivity contribution in [2.45, 2.75) is 19.3 Å². The van der Waals surface area contributed by atoms with Crippen LogP contribution in [0.3, 0.4) is 0 Å². The van der Waals surface area contributed by atoms with Crippen LogP contribution in [0.4, 0.5) is 0 Å². The van der Waals surface area contributed by atoms with Crippen molar-refractivity contribution in [3.63, 3.8) is 0 Å². The normalized spacial score (nSPS) is 11.0. The number of carbonyl (C=O) groups is 2. The highest BCUT2D eigenvalue weighted by Gasteiger charge is 2.23. The number of halogens is 1. The molecule has 1 aromatic carbocycles. The molecule has 1 amide bonds. The lowest BCUT2D eigenvalue weighted by molar-refractivity contribution is -0.150. The monoisotopic (exact) mass is 299 g/mol. The zero-order valence-electron chi connectivity index (χ0n) is 9.66. The Kier molecular flexibility index (Phi) is 4.28. The summed E-state index contributed by atoms with van der Waals surface area (Å²) in [6.07, 6.45) is 0. The van der Waals surface area contributed by atoms with Gasteiger partial charge in [-0.25, -0.2) is 4.79 Å². The Labute approximate surface area is 108 Å². The van der Waals surface area contributed by atoms with E-state index in [0.717, 1.165) is 10.0 Å². The Hall–Kier alpha value is -1.36. The van der Waals surface area contributed by atoms with E-state index in [0.29, 0.717) is 0 Å². The molecule has 0 saturated carbocycles. The van der Waals surface area contributed by atoms with Crippen LogP contribution >= 0.6 is 15.9 Å². The van der Waals surface area contributed by atoms with Gasteiger partial charge in [0, 0.05) is 16.4 Å². The number of nitrogens with one attached hydrogen (secondary N) is 1. The fourth-order valence-electron chi connectivity index (χ4n) is 1.39. The number of rotatable bonds is 3. The molecule has 92 valence electrons. The van der Waals surface area contributed by atoms with Crippen LogP contribution in [0.2, 0.25) is 0 Å². The summed E-state index contributed by atoms with van der Waals surface area (Å²) in [5, 5.41) is 10.9. The molecule has 0 unspecified atom stereocenters. The van der Waals surface area contributed by atoms with Crippen LogP contribution in [0.1, 0.15) is 19.4 Å². The molecule has 4 nitrogen and oxygen atoms in total. The molecule has 0 fully saturated rings. The van der Waals surface area contributed by atoms with E-state index in [9.17, 15) is 9.59 Å². The first-order valence-electron chi connectivity index (χ1n) is 5.10. The van der Waals surface area contributed by atoms with Crippen molar-refractivity contribution in [3.05, 3.63) is 34.3 Å². The molecule has 5 heteroatoms. The van der Waals surface area contributed by atoms with Crippen LogP contribution in [0.25, 0.3) is 0 Å². The van der Waals surface area contributed by atoms with Gasteiger partial charge >= 0.3 is 11.9 Å². The molecule has 0 aliphatic rings. The molecular weight excluding hydrogens is 286 g/mol. The second-order valence-corrected chi connectivity index (χ2v) is 5.30. The van der Waals surface area contributed by atoms with Crippen LogP contribution in [-0.2, 0) is 15.0 Å². The molecular formula is C12H14BrNO3. The molecule has 0 aliphatic heterocycles. The number of carboxylic acids is 1. The lowest BCUT2D eigenvalue weighted by Gasteiger charge is -2.25. The van der Waals surface area contributed by atoms with Crippen LogP contribution in [0.15, 0.2) is 28.7 Å². The Balaban J connectivity index is 2.75. The first-order chi connectivity index (χ1) is 7.83. The van der Waals surface area contributed by atoms with Crippen molar-refractivity contribution in [1.29, 1.82) is 0 Å². The van der Waals surface area contributed by atoms with Crippen molar-refractivity contribution in [2.24, 2.45) is 0 Å². The number of benzene rings is 1. The van der Waals surface area contributed by atoms with Crippen LogP contribution in [-0.4, -0.2) is 23.5 Å². The maximum Gasteiger partial charge on any atom is 0.394 e.